The maximum absolute atomic E-state index is 12.5. The first-order valence-electron chi connectivity index (χ1n) is 10.6. The number of pyridine rings is 1. The zero-order chi connectivity index (χ0) is 19.3. The fourth-order valence-corrected chi connectivity index (χ4v) is 4.04. The van der Waals surface area contributed by atoms with Crippen LogP contribution in [-0.2, 0) is 0 Å². The first-order chi connectivity index (χ1) is 13.7. The SMILES string of the molecule is CC1CCN(c2ccc(Nc3ccc(C(=O)N4CCCCC4)nc3)cc2)CC1. The Kier molecular flexibility index (Phi) is 5.79. The second kappa shape index (κ2) is 8.63. The summed E-state index contributed by atoms with van der Waals surface area (Å²) in [6, 6.07) is 12.3. The van der Waals surface area contributed by atoms with Gasteiger partial charge in [-0.05, 0) is 74.4 Å². The molecular formula is C23H30N4O. The van der Waals surface area contributed by atoms with Crippen LogP contribution >= 0.6 is 0 Å². The summed E-state index contributed by atoms with van der Waals surface area (Å²) < 4.78 is 0. The van der Waals surface area contributed by atoms with E-state index in [-0.39, 0.29) is 5.91 Å². The molecule has 0 atom stereocenters. The lowest BCUT2D eigenvalue weighted by molar-refractivity contribution is 0.0718. The molecule has 28 heavy (non-hydrogen) atoms. The Morgan fingerprint density at radius 1 is 0.929 bits per heavy atom. The molecule has 2 aliphatic rings. The van der Waals surface area contributed by atoms with E-state index in [0.717, 1.165) is 56.3 Å². The third kappa shape index (κ3) is 4.46. The molecule has 0 saturated carbocycles. The molecule has 0 radical (unpaired) electrons. The van der Waals surface area contributed by atoms with Gasteiger partial charge in [0.25, 0.3) is 5.91 Å². The monoisotopic (exact) mass is 378 g/mol. The Labute approximate surface area is 167 Å². The quantitative estimate of drug-likeness (QED) is 0.839. The number of nitrogens with one attached hydrogen (secondary N) is 1. The van der Waals surface area contributed by atoms with E-state index >= 15 is 0 Å². The van der Waals surface area contributed by atoms with Gasteiger partial charge in [-0.25, -0.2) is 4.98 Å². The molecule has 3 heterocycles. The molecule has 0 bridgehead atoms. The summed E-state index contributed by atoms with van der Waals surface area (Å²) in [6.07, 6.45) is 7.70. The molecule has 2 aromatic rings. The molecule has 1 aromatic heterocycles. The van der Waals surface area contributed by atoms with Crippen molar-refractivity contribution in [1.82, 2.24) is 9.88 Å². The summed E-state index contributed by atoms with van der Waals surface area (Å²) in [6.45, 7) is 6.32. The highest BCUT2D eigenvalue weighted by Gasteiger charge is 2.19. The highest BCUT2D eigenvalue weighted by atomic mass is 16.2. The third-order valence-corrected chi connectivity index (χ3v) is 5.93. The highest BCUT2D eigenvalue weighted by Crippen LogP contribution is 2.25. The first kappa shape index (κ1) is 18.8. The van der Waals surface area contributed by atoms with E-state index in [1.54, 1.807) is 6.20 Å². The molecule has 5 nitrogen and oxygen atoms in total. The fourth-order valence-electron chi connectivity index (χ4n) is 4.04. The average molecular weight is 379 g/mol. The van der Waals surface area contributed by atoms with Gasteiger partial charge in [0.15, 0.2) is 0 Å². The van der Waals surface area contributed by atoms with Gasteiger partial charge in [0.05, 0.1) is 11.9 Å². The number of likely N-dealkylation sites (tertiary alicyclic amines) is 1. The number of carbonyl (C=O) groups is 1. The van der Waals surface area contributed by atoms with Crippen LogP contribution in [0.4, 0.5) is 17.1 Å². The van der Waals surface area contributed by atoms with Crippen molar-refractivity contribution in [2.45, 2.75) is 39.0 Å². The van der Waals surface area contributed by atoms with Gasteiger partial charge in [0.1, 0.15) is 5.69 Å². The number of piperidine rings is 2. The molecule has 148 valence electrons. The normalized spacial score (nSPS) is 18.2. The summed E-state index contributed by atoms with van der Waals surface area (Å²) in [7, 11) is 0. The van der Waals surface area contributed by atoms with E-state index in [1.165, 1.54) is 24.9 Å². The number of aromatic nitrogens is 1. The Morgan fingerprint density at radius 2 is 1.61 bits per heavy atom. The van der Waals surface area contributed by atoms with Crippen molar-refractivity contribution in [2.75, 3.05) is 36.4 Å². The van der Waals surface area contributed by atoms with Crippen molar-refractivity contribution in [3.63, 3.8) is 0 Å². The van der Waals surface area contributed by atoms with Gasteiger partial charge in [-0.3, -0.25) is 4.79 Å². The summed E-state index contributed by atoms with van der Waals surface area (Å²) >= 11 is 0. The second-order valence-electron chi connectivity index (χ2n) is 8.13. The van der Waals surface area contributed by atoms with Crippen molar-refractivity contribution in [3.05, 3.63) is 48.3 Å². The van der Waals surface area contributed by atoms with E-state index in [4.69, 9.17) is 0 Å². The van der Waals surface area contributed by atoms with E-state index in [0.29, 0.717) is 5.69 Å². The minimum absolute atomic E-state index is 0.0476. The molecule has 2 saturated heterocycles. The maximum atomic E-state index is 12.5. The number of anilines is 3. The first-order valence-corrected chi connectivity index (χ1v) is 10.6. The predicted molar refractivity (Wildman–Crippen MR) is 114 cm³/mol. The highest BCUT2D eigenvalue weighted by molar-refractivity contribution is 5.92. The smallest absolute Gasteiger partial charge is 0.272 e. The maximum Gasteiger partial charge on any atom is 0.272 e. The standard InChI is InChI=1S/C23H30N4O/c1-18-11-15-26(16-12-18)21-8-5-19(6-9-21)25-20-7-10-22(24-17-20)23(28)27-13-3-2-4-14-27/h5-10,17-18,25H,2-4,11-16H2,1H3. The fraction of sp³-hybridized carbons (Fsp3) is 0.478. The van der Waals surface area contributed by atoms with Crippen LogP contribution in [0.5, 0.6) is 0 Å². The van der Waals surface area contributed by atoms with Gasteiger partial charge in [-0.2, -0.15) is 0 Å². The Balaban J connectivity index is 1.35. The lowest BCUT2D eigenvalue weighted by atomic mass is 9.99. The zero-order valence-electron chi connectivity index (χ0n) is 16.7. The molecule has 0 aliphatic carbocycles. The Hall–Kier alpha value is -2.56. The van der Waals surface area contributed by atoms with Crippen LogP contribution in [0, 0.1) is 5.92 Å². The van der Waals surface area contributed by atoms with E-state index in [2.05, 4.69) is 46.4 Å². The lowest BCUT2D eigenvalue weighted by Crippen LogP contribution is -2.36. The number of benzene rings is 1. The van der Waals surface area contributed by atoms with Gasteiger partial charge >= 0.3 is 0 Å². The topological polar surface area (TPSA) is 48.5 Å². The molecule has 2 fully saturated rings. The van der Waals surface area contributed by atoms with Gasteiger partial charge < -0.3 is 15.1 Å². The summed E-state index contributed by atoms with van der Waals surface area (Å²) in [5.74, 6) is 0.890. The lowest BCUT2D eigenvalue weighted by Gasteiger charge is -2.32. The average Bonchev–Trinajstić information content (AvgIpc) is 2.76. The minimum Gasteiger partial charge on any atom is -0.372 e. The van der Waals surface area contributed by atoms with Gasteiger partial charge in [0, 0.05) is 37.6 Å². The summed E-state index contributed by atoms with van der Waals surface area (Å²) in [5, 5.41) is 3.38. The molecule has 0 unspecified atom stereocenters. The molecule has 2 aliphatic heterocycles. The van der Waals surface area contributed by atoms with Crippen LogP contribution < -0.4 is 10.2 Å². The predicted octanol–water partition coefficient (Wildman–Crippen LogP) is 4.69. The van der Waals surface area contributed by atoms with Crippen molar-refractivity contribution in [3.8, 4) is 0 Å². The largest absolute Gasteiger partial charge is 0.372 e. The number of nitrogens with zero attached hydrogens (tertiary/aromatic N) is 3. The van der Waals surface area contributed by atoms with E-state index in [9.17, 15) is 4.79 Å². The van der Waals surface area contributed by atoms with Crippen molar-refractivity contribution < 1.29 is 4.79 Å². The van der Waals surface area contributed by atoms with Crippen LogP contribution in [0.1, 0.15) is 49.5 Å². The van der Waals surface area contributed by atoms with Crippen LogP contribution in [0.25, 0.3) is 0 Å². The minimum atomic E-state index is 0.0476. The van der Waals surface area contributed by atoms with Gasteiger partial charge in [-0.1, -0.05) is 6.92 Å². The molecule has 4 rings (SSSR count). The molecule has 1 amide bonds. The summed E-state index contributed by atoms with van der Waals surface area (Å²) in [5.41, 5.74) is 3.75. The Morgan fingerprint density at radius 3 is 2.25 bits per heavy atom. The van der Waals surface area contributed by atoms with Crippen LogP contribution in [0.3, 0.4) is 0 Å². The van der Waals surface area contributed by atoms with Gasteiger partial charge in [-0.15, -0.1) is 0 Å². The number of amides is 1. The zero-order valence-corrected chi connectivity index (χ0v) is 16.7. The van der Waals surface area contributed by atoms with E-state index < -0.39 is 0 Å². The van der Waals surface area contributed by atoms with Crippen molar-refractivity contribution in [2.24, 2.45) is 5.92 Å². The molecule has 1 N–H and O–H groups in total. The number of carbonyl (C=O) groups excluding carboxylic acids is 1. The molecule has 0 spiro atoms. The van der Waals surface area contributed by atoms with E-state index in [1.807, 2.05) is 17.0 Å². The second-order valence-corrected chi connectivity index (χ2v) is 8.13. The van der Waals surface area contributed by atoms with Crippen molar-refractivity contribution >= 4 is 23.0 Å². The molecule has 1 aromatic carbocycles. The molecule has 5 heteroatoms. The van der Waals surface area contributed by atoms with Crippen molar-refractivity contribution in [1.29, 1.82) is 0 Å². The molecular weight excluding hydrogens is 348 g/mol. The number of hydrogen-bond donors (Lipinski definition) is 1. The number of hydrogen-bond acceptors (Lipinski definition) is 4. The van der Waals surface area contributed by atoms with Gasteiger partial charge in [0.2, 0.25) is 0 Å². The Bertz CT molecular complexity index is 773. The van der Waals surface area contributed by atoms with Crippen LogP contribution in [-0.4, -0.2) is 42.0 Å². The van der Waals surface area contributed by atoms with Crippen LogP contribution in [0.2, 0.25) is 0 Å². The third-order valence-electron chi connectivity index (χ3n) is 5.93. The number of rotatable bonds is 4. The van der Waals surface area contributed by atoms with Crippen LogP contribution in [0.15, 0.2) is 42.6 Å². The summed E-state index contributed by atoms with van der Waals surface area (Å²) in [4.78, 5) is 21.3.